The number of hydrogen-bond donors (Lipinski definition) is 1. The minimum Gasteiger partial charge on any atom is -0.314 e. The first-order valence-electron chi connectivity index (χ1n) is 6.49. The first-order chi connectivity index (χ1) is 8.34. The Bertz CT molecular complexity index is 320. The van der Waals surface area contributed by atoms with Gasteiger partial charge < -0.3 is 5.32 Å². The van der Waals surface area contributed by atoms with Crippen molar-refractivity contribution >= 4 is 11.8 Å². The van der Waals surface area contributed by atoms with Gasteiger partial charge in [0.25, 0.3) is 0 Å². The molecule has 0 unspecified atom stereocenters. The molecule has 1 fully saturated rings. The Morgan fingerprint density at radius 1 is 1.29 bits per heavy atom. The molecule has 0 amide bonds. The fourth-order valence-corrected chi connectivity index (χ4v) is 2.85. The third-order valence-electron chi connectivity index (χ3n) is 3.10. The number of hydrogen-bond acceptors (Lipinski definition) is 4. The van der Waals surface area contributed by atoms with Gasteiger partial charge >= 0.3 is 0 Å². The molecular formula is C13H21N3S. The molecule has 1 aliphatic carbocycles. The van der Waals surface area contributed by atoms with Gasteiger partial charge in [-0.3, -0.25) is 0 Å². The Labute approximate surface area is 108 Å². The normalized spacial score (nSPS) is 16.5. The van der Waals surface area contributed by atoms with Gasteiger partial charge in [0, 0.05) is 24.2 Å². The lowest BCUT2D eigenvalue weighted by molar-refractivity contribution is 0.524. The van der Waals surface area contributed by atoms with Crippen LogP contribution in [0.3, 0.4) is 0 Å². The van der Waals surface area contributed by atoms with Gasteiger partial charge in [0.1, 0.15) is 0 Å². The summed E-state index contributed by atoms with van der Waals surface area (Å²) in [5, 5.41) is 4.52. The van der Waals surface area contributed by atoms with Crippen molar-refractivity contribution < 1.29 is 0 Å². The largest absolute Gasteiger partial charge is 0.314 e. The molecule has 0 spiro atoms. The second-order valence-corrected chi connectivity index (χ2v) is 5.74. The summed E-state index contributed by atoms with van der Waals surface area (Å²) in [5.41, 5.74) is 1.12. The monoisotopic (exact) mass is 251 g/mol. The maximum atomic E-state index is 4.28. The molecule has 0 radical (unpaired) electrons. The predicted octanol–water partition coefficient (Wildman–Crippen LogP) is 2.80. The maximum Gasteiger partial charge on any atom is 0.187 e. The zero-order valence-corrected chi connectivity index (χ0v) is 11.3. The molecule has 17 heavy (non-hydrogen) atoms. The van der Waals surface area contributed by atoms with Crippen molar-refractivity contribution in [2.24, 2.45) is 0 Å². The Kier molecular flexibility index (Phi) is 5.26. The van der Waals surface area contributed by atoms with Gasteiger partial charge in [-0.1, -0.05) is 24.6 Å². The molecule has 0 aromatic carbocycles. The highest BCUT2D eigenvalue weighted by Crippen LogP contribution is 2.18. The van der Waals surface area contributed by atoms with E-state index in [1.165, 1.54) is 32.1 Å². The van der Waals surface area contributed by atoms with Crippen LogP contribution < -0.4 is 5.32 Å². The summed E-state index contributed by atoms with van der Waals surface area (Å²) in [4.78, 5) is 8.57. The smallest absolute Gasteiger partial charge is 0.187 e. The van der Waals surface area contributed by atoms with Crippen LogP contribution in [0.15, 0.2) is 17.6 Å². The summed E-state index contributed by atoms with van der Waals surface area (Å²) in [6, 6.07) is 0.788. The van der Waals surface area contributed by atoms with Crippen molar-refractivity contribution in [3.05, 3.63) is 18.0 Å². The maximum absolute atomic E-state index is 4.28. The summed E-state index contributed by atoms with van der Waals surface area (Å²) in [6.45, 7) is 3.14. The highest BCUT2D eigenvalue weighted by Gasteiger charge is 2.13. The lowest BCUT2D eigenvalue weighted by Gasteiger charge is -2.10. The van der Waals surface area contributed by atoms with Gasteiger partial charge in [-0.25, -0.2) is 9.97 Å². The van der Waals surface area contributed by atoms with Gasteiger partial charge in [-0.2, -0.15) is 0 Å². The summed E-state index contributed by atoms with van der Waals surface area (Å²) in [6.07, 6.45) is 10.5. The fraction of sp³-hybridized carbons (Fsp3) is 0.692. The number of nitrogens with zero attached hydrogens (tertiary/aromatic N) is 2. The lowest BCUT2D eigenvalue weighted by atomic mass is 10.2. The zero-order chi connectivity index (χ0) is 11.9. The highest BCUT2D eigenvalue weighted by atomic mass is 32.2. The highest BCUT2D eigenvalue weighted by molar-refractivity contribution is 7.99. The topological polar surface area (TPSA) is 37.8 Å². The van der Waals surface area contributed by atoms with E-state index in [0.717, 1.165) is 29.1 Å². The van der Waals surface area contributed by atoms with Crippen molar-refractivity contribution in [1.82, 2.24) is 15.3 Å². The summed E-state index contributed by atoms with van der Waals surface area (Å²) >= 11 is 1.75. The average Bonchev–Trinajstić information content (AvgIpc) is 2.84. The summed E-state index contributed by atoms with van der Waals surface area (Å²) in [5.74, 6) is 1.10. The molecule has 1 saturated carbocycles. The van der Waals surface area contributed by atoms with Crippen LogP contribution in [0.25, 0.3) is 0 Å². The molecule has 3 nitrogen and oxygen atoms in total. The Balaban J connectivity index is 1.55. The van der Waals surface area contributed by atoms with Crippen LogP contribution in [0.5, 0.6) is 0 Å². The van der Waals surface area contributed by atoms with Crippen molar-refractivity contribution in [2.45, 2.75) is 50.2 Å². The van der Waals surface area contributed by atoms with Gasteiger partial charge in [0.15, 0.2) is 5.16 Å². The van der Waals surface area contributed by atoms with E-state index in [1.807, 2.05) is 19.3 Å². The third-order valence-corrected chi connectivity index (χ3v) is 4.06. The van der Waals surface area contributed by atoms with E-state index >= 15 is 0 Å². The average molecular weight is 251 g/mol. The number of aromatic nitrogens is 2. The van der Waals surface area contributed by atoms with E-state index in [9.17, 15) is 0 Å². The van der Waals surface area contributed by atoms with Crippen molar-refractivity contribution in [1.29, 1.82) is 0 Å². The van der Waals surface area contributed by atoms with Crippen LogP contribution in [0.2, 0.25) is 0 Å². The molecule has 1 aromatic heterocycles. The fourth-order valence-electron chi connectivity index (χ4n) is 2.13. The molecule has 1 heterocycles. The molecule has 1 N–H and O–H groups in total. The number of rotatable bonds is 6. The van der Waals surface area contributed by atoms with Crippen LogP contribution in [0.4, 0.5) is 0 Å². The van der Waals surface area contributed by atoms with Crippen LogP contribution >= 0.6 is 11.8 Å². The quantitative estimate of drug-likeness (QED) is 0.479. The summed E-state index contributed by atoms with van der Waals surface area (Å²) < 4.78 is 0. The van der Waals surface area contributed by atoms with E-state index in [-0.39, 0.29) is 0 Å². The van der Waals surface area contributed by atoms with Crippen molar-refractivity contribution in [3.63, 3.8) is 0 Å². The molecule has 4 heteroatoms. The minimum absolute atomic E-state index is 0.788. The van der Waals surface area contributed by atoms with E-state index in [1.54, 1.807) is 11.8 Å². The van der Waals surface area contributed by atoms with Gasteiger partial charge in [0.2, 0.25) is 0 Å². The molecule has 94 valence electrons. The van der Waals surface area contributed by atoms with Crippen LogP contribution in [-0.2, 0) is 0 Å². The van der Waals surface area contributed by atoms with Crippen LogP contribution in [-0.4, -0.2) is 28.3 Å². The molecule has 0 atom stereocenters. The lowest BCUT2D eigenvalue weighted by Crippen LogP contribution is -2.27. The zero-order valence-electron chi connectivity index (χ0n) is 10.5. The number of nitrogens with one attached hydrogen (secondary N) is 1. The molecule has 2 rings (SSSR count). The Hall–Kier alpha value is -0.610. The summed E-state index contributed by atoms with van der Waals surface area (Å²) in [7, 11) is 0. The van der Waals surface area contributed by atoms with E-state index in [2.05, 4.69) is 15.3 Å². The van der Waals surface area contributed by atoms with Gasteiger partial charge in [-0.15, -0.1) is 0 Å². The van der Waals surface area contributed by atoms with Gasteiger partial charge in [0.05, 0.1) is 0 Å². The van der Waals surface area contributed by atoms with Gasteiger partial charge in [-0.05, 0) is 38.3 Å². The van der Waals surface area contributed by atoms with E-state index in [0.29, 0.717) is 0 Å². The standard InChI is InChI=1S/C13H21N3S/c1-11-9-15-13(16-10-11)17-8-4-7-14-12-5-2-3-6-12/h9-10,12,14H,2-8H2,1H3. The molecule has 0 aliphatic heterocycles. The molecular weight excluding hydrogens is 230 g/mol. The molecule has 0 saturated heterocycles. The molecule has 1 aliphatic rings. The van der Waals surface area contributed by atoms with E-state index < -0.39 is 0 Å². The Morgan fingerprint density at radius 2 is 2.00 bits per heavy atom. The SMILES string of the molecule is Cc1cnc(SCCCNC2CCCC2)nc1. The van der Waals surface area contributed by atoms with Crippen LogP contribution in [0.1, 0.15) is 37.7 Å². The third kappa shape index (κ3) is 4.64. The number of thioether (sulfide) groups is 1. The first kappa shape index (κ1) is 12.8. The molecule has 0 bridgehead atoms. The first-order valence-corrected chi connectivity index (χ1v) is 7.48. The minimum atomic E-state index is 0.788. The number of aryl methyl sites for hydroxylation is 1. The van der Waals surface area contributed by atoms with Crippen LogP contribution in [0, 0.1) is 6.92 Å². The van der Waals surface area contributed by atoms with Crippen molar-refractivity contribution in [3.8, 4) is 0 Å². The predicted molar refractivity (Wildman–Crippen MR) is 72.4 cm³/mol. The second kappa shape index (κ2) is 6.97. The second-order valence-electron chi connectivity index (χ2n) is 4.68. The Morgan fingerprint density at radius 3 is 2.71 bits per heavy atom. The van der Waals surface area contributed by atoms with Crippen molar-refractivity contribution in [2.75, 3.05) is 12.3 Å². The molecule has 1 aromatic rings. The van der Waals surface area contributed by atoms with E-state index in [4.69, 9.17) is 0 Å².